The van der Waals surface area contributed by atoms with Crippen LogP contribution in [0.15, 0.2) is 12.3 Å². The standard InChI is InChI=1S/C8H17NO/c1-4-7-10-8-5-6-9(2)3/h4,7H,5-6,8H2,1-3H3/b7-4-. The van der Waals surface area contributed by atoms with Crippen LogP contribution >= 0.6 is 0 Å². The molecular formula is C8H17NO. The SMILES string of the molecule is C/C=C\OCCCN(C)C. The largest absolute Gasteiger partial charge is 0.501 e. The van der Waals surface area contributed by atoms with E-state index in [2.05, 4.69) is 19.0 Å². The van der Waals surface area contributed by atoms with Gasteiger partial charge in [0, 0.05) is 6.54 Å². The monoisotopic (exact) mass is 143 g/mol. The van der Waals surface area contributed by atoms with Gasteiger partial charge in [-0.25, -0.2) is 0 Å². The lowest BCUT2D eigenvalue weighted by atomic mass is 10.4. The average molecular weight is 143 g/mol. The zero-order chi connectivity index (χ0) is 7.82. The van der Waals surface area contributed by atoms with Gasteiger partial charge in [-0.2, -0.15) is 0 Å². The number of allylic oxidation sites excluding steroid dienone is 1. The van der Waals surface area contributed by atoms with E-state index in [-0.39, 0.29) is 0 Å². The number of hydrogen-bond donors (Lipinski definition) is 0. The second-order valence-electron chi connectivity index (χ2n) is 2.50. The predicted molar refractivity (Wildman–Crippen MR) is 43.9 cm³/mol. The summed E-state index contributed by atoms with van der Waals surface area (Å²) in [4.78, 5) is 2.15. The summed E-state index contributed by atoms with van der Waals surface area (Å²) < 4.78 is 5.13. The van der Waals surface area contributed by atoms with Crippen molar-refractivity contribution in [3.8, 4) is 0 Å². The lowest BCUT2D eigenvalue weighted by molar-refractivity contribution is 0.228. The molecule has 0 spiro atoms. The van der Waals surface area contributed by atoms with Crippen molar-refractivity contribution in [3.63, 3.8) is 0 Å². The topological polar surface area (TPSA) is 12.5 Å². The van der Waals surface area contributed by atoms with E-state index >= 15 is 0 Å². The van der Waals surface area contributed by atoms with E-state index in [9.17, 15) is 0 Å². The van der Waals surface area contributed by atoms with Crippen LogP contribution in [0.4, 0.5) is 0 Å². The smallest absolute Gasteiger partial charge is 0.0885 e. The molecular weight excluding hydrogens is 126 g/mol. The van der Waals surface area contributed by atoms with Crippen LogP contribution in [0.5, 0.6) is 0 Å². The molecule has 0 rings (SSSR count). The highest BCUT2D eigenvalue weighted by Crippen LogP contribution is 1.85. The summed E-state index contributed by atoms with van der Waals surface area (Å²) >= 11 is 0. The molecule has 0 aliphatic carbocycles. The van der Waals surface area contributed by atoms with Crippen LogP contribution < -0.4 is 0 Å². The molecule has 2 heteroatoms. The van der Waals surface area contributed by atoms with E-state index in [4.69, 9.17) is 4.74 Å². The third kappa shape index (κ3) is 7.50. The van der Waals surface area contributed by atoms with E-state index in [0.29, 0.717) is 0 Å². The van der Waals surface area contributed by atoms with Crippen molar-refractivity contribution in [1.29, 1.82) is 0 Å². The number of ether oxygens (including phenoxy) is 1. The fourth-order valence-electron chi connectivity index (χ4n) is 0.628. The summed E-state index contributed by atoms with van der Waals surface area (Å²) in [5.41, 5.74) is 0. The quantitative estimate of drug-likeness (QED) is 0.427. The zero-order valence-corrected chi connectivity index (χ0v) is 7.13. The molecule has 0 aromatic heterocycles. The molecule has 0 aliphatic rings. The van der Waals surface area contributed by atoms with Gasteiger partial charge >= 0.3 is 0 Å². The molecule has 0 saturated carbocycles. The van der Waals surface area contributed by atoms with Crippen LogP contribution in [0.25, 0.3) is 0 Å². The first-order valence-corrected chi connectivity index (χ1v) is 3.65. The summed E-state index contributed by atoms with van der Waals surface area (Å²) in [5, 5.41) is 0. The van der Waals surface area contributed by atoms with Crippen molar-refractivity contribution >= 4 is 0 Å². The molecule has 0 saturated heterocycles. The summed E-state index contributed by atoms with van der Waals surface area (Å²) in [6, 6.07) is 0. The molecule has 0 fully saturated rings. The summed E-state index contributed by atoms with van der Waals surface area (Å²) in [6.45, 7) is 3.87. The molecule has 0 amide bonds. The van der Waals surface area contributed by atoms with Gasteiger partial charge in [-0.15, -0.1) is 0 Å². The molecule has 60 valence electrons. The number of hydrogen-bond acceptors (Lipinski definition) is 2. The Bertz CT molecular complexity index is 89.3. The third-order valence-corrected chi connectivity index (χ3v) is 1.10. The van der Waals surface area contributed by atoms with Crippen LogP contribution in [0, 0.1) is 0 Å². The first-order chi connectivity index (χ1) is 4.77. The number of nitrogens with zero attached hydrogens (tertiary/aromatic N) is 1. The molecule has 2 nitrogen and oxygen atoms in total. The third-order valence-electron chi connectivity index (χ3n) is 1.10. The Labute approximate surface area is 63.5 Å². The van der Waals surface area contributed by atoms with Gasteiger partial charge in [0.1, 0.15) is 0 Å². The first kappa shape index (κ1) is 9.50. The molecule has 0 bridgehead atoms. The molecule has 10 heavy (non-hydrogen) atoms. The van der Waals surface area contributed by atoms with Gasteiger partial charge in [-0.1, -0.05) is 6.08 Å². The van der Waals surface area contributed by atoms with Crippen molar-refractivity contribution in [3.05, 3.63) is 12.3 Å². The first-order valence-electron chi connectivity index (χ1n) is 3.65. The van der Waals surface area contributed by atoms with Crippen molar-refractivity contribution in [2.24, 2.45) is 0 Å². The molecule has 0 aromatic rings. The van der Waals surface area contributed by atoms with E-state index in [1.807, 2.05) is 13.0 Å². The Balaban J connectivity index is 2.91. The van der Waals surface area contributed by atoms with Crippen molar-refractivity contribution in [2.75, 3.05) is 27.2 Å². The highest BCUT2D eigenvalue weighted by atomic mass is 16.5. The Morgan fingerprint density at radius 1 is 1.40 bits per heavy atom. The minimum absolute atomic E-state index is 0.822. The summed E-state index contributed by atoms with van der Waals surface area (Å²) in [7, 11) is 4.13. The van der Waals surface area contributed by atoms with Crippen LogP contribution in [-0.2, 0) is 4.74 Å². The summed E-state index contributed by atoms with van der Waals surface area (Å²) in [6.07, 6.45) is 4.72. The van der Waals surface area contributed by atoms with Gasteiger partial charge < -0.3 is 9.64 Å². The molecule has 0 N–H and O–H groups in total. The second kappa shape index (κ2) is 6.62. The Morgan fingerprint density at radius 3 is 2.60 bits per heavy atom. The van der Waals surface area contributed by atoms with Gasteiger partial charge in [0.05, 0.1) is 12.9 Å². The van der Waals surface area contributed by atoms with Crippen molar-refractivity contribution in [2.45, 2.75) is 13.3 Å². The van der Waals surface area contributed by atoms with Gasteiger partial charge in [-0.3, -0.25) is 0 Å². The van der Waals surface area contributed by atoms with Crippen molar-refractivity contribution in [1.82, 2.24) is 4.90 Å². The van der Waals surface area contributed by atoms with Crippen molar-refractivity contribution < 1.29 is 4.74 Å². The molecule has 0 aliphatic heterocycles. The van der Waals surface area contributed by atoms with E-state index in [1.165, 1.54) is 0 Å². The highest BCUT2D eigenvalue weighted by Gasteiger charge is 1.87. The second-order valence-corrected chi connectivity index (χ2v) is 2.50. The maximum absolute atomic E-state index is 5.13. The lowest BCUT2D eigenvalue weighted by Gasteiger charge is -2.07. The minimum atomic E-state index is 0.822. The van der Waals surface area contributed by atoms with Gasteiger partial charge in [0.2, 0.25) is 0 Å². The van der Waals surface area contributed by atoms with Crippen LogP contribution in [0.2, 0.25) is 0 Å². The average Bonchev–Trinajstić information content (AvgIpc) is 1.87. The molecule has 0 unspecified atom stereocenters. The Morgan fingerprint density at radius 2 is 2.10 bits per heavy atom. The zero-order valence-electron chi connectivity index (χ0n) is 7.13. The van der Waals surface area contributed by atoms with Crippen LogP contribution in [-0.4, -0.2) is 32.1 Å². The highest BCUT2D eigenvalue weighted by molar-refractivity contribution is 4.64. The maximum atomic E-state index is 5.13. The van der Waals surface area contributed by atoms with Gasteiger partial charge in [0.15, 0.2) is 0 Å². The minimum Gasteiger partial charge on any atom is -0.501 e. The van der Waals surface area contributed by atoms with Gasteiger partial charge in [-0.05, 0) is 27.4 Å². The van der Waals surface area contributed by atoms with Gasteiger partial charge in [0.25, 0.3) is 0 Å². The van der Waals surface area contributed by atoms with Crippen LogP contribution in [0.3, 0.4) is 0 Å². The fraction of sp³-hybridized carbons (Fsp3) is 0.750. The molecule has 0 heterocycles. The van der Waals surface area contributed by atoms with E-state index in [0.717, 1.165) is 19.6 Å². The fourth-order valence-corrected chi connectivity index (χ4v) is 0.628. The van der Waals surface area contributed by atoms with E-state index < -0.39 is 0 Å². The summed E-state index contributed by atoms with van der Waals surface area (Å²) in [5.74, 6) is 0. The molecule has 0 atom stereocenters. The normalized spacial score (nSPS) is 11.2. The number of rotatable bonds is 5. The Kier molecular flexibility index (Phi) is 6.29. The lowest BCUT2D eigenvalue weighted by Crippen LogP contribution is -2.14. The molecule has 0 radical (unpaired) electrons. The predicted octanol–water partition coefficient (Wildman–Crippen LogP) is 1.49. The van der Waals surface area contributed by atoms with E-state index in [1.54, 1.807) is 6.26 Å². The maximum Gasteiger partial charge on any atom is 0.0885 e. The van der Waals surface area contributed by atoms with Crippen LogP contribution in [0.1, 0.15) is 13.3 Å². The Hall–Kier alpha value is -0.500. The molecule has 0 aromatic carbocycles.